The third-order valence-corrected chi connectivity index (χ3v) is 3.85. The van der Waals surface area contributed by atoms with Crippen molar-refractivity contribution >= 4 is 29.9 Å². The molecule has 2 aromatic carbocycles. The van der Waals surface area contributed by atoms with E-state index in [4.69, 9.17) is 19.9 Å². The Kier molecular flexibility index (Phi) is 9.55. The molecule has 0 unspecified atom stereocenters. The monoisotopic (exact) mass is 487 g/mol. The molecule has 4 N–H and O–H groups in total. The van der Waals surface area contributed by atoms with Gasteiger partial charge in [-0.25, -0.2) is 4.99 Å². The average molecular weight is 487 g/mol. The van der Waals surface area contributed by atoms with E-state index in [1.165, 1.54) is 19.8 Å². The van der Waals surface area contributed by atoms with Crippen molar-refractivity contribution in [1.29, 1.82) is 0 Å². The smallest absolute Gasteiger partial charge is 0.200 e. The van der Waals surface area contributed by atoms with Crippen LogP contribution in [0.3, 0.4) is 0 Å². The van der Waals surface area contributed by atoms with Gasteiger partial charge in [0, 0.05) is 6.54 Å². The number of rotatable bonds is 8. The van der Waals surface area contributed by atoms with Crippen LogP contribution < -0.4 is 25.3 Å². The van der Waals surface area contributed by atoms with Crippen LogP contribution in [-0.4, -0.2) is 38.9 Å². The summed E-state index contributed by atoms with van der Waals surface area (Å²) < 4.78 is 15.4. The van der Waals surface area contributed by atoms with Crippen molar-refractivity contribution in [1.82, 2.24) is 5.32 Å². The lowest BCUT2D eigenvalue weighted by atomic mass is 10.1. The molecule has 0 saturated carbocycles. The molecule has 0 aliphatic carbocycles. The molecule has 2 aromatic rings. The Hall–Kier alpha value is -2.36. The normalized spacial score (nSPS) is 10.7. The van der Waals surface area contributed by atoms with E-state index in [-0.39, 0.29) is 29.7 Å². The highest BCUT2D eigenvalue weighted by molar-refractivity contribution is 14.0. The molecule has 0 atom stereocenters. The van der Waals surface area contributed by atoms with E-state index in [0.717, 1.165) is 17.7 Å². The molecule has 0 aliphatic heterocycles. The highest BCUT2D eigenvalue weighted by Gasteiger charge is 2.10. The van der Waals surface area contributed by atoms with Gasteiger partial charge in [-0.15, -0.1) is 24.0 Å². The zero-order valence-electron chi connectivity index (χ0n) is 15.7. The molecule has 0 radical (unpaired) electrons. The standard InChI is InChI=1S/C19H25N3O4.HI/c1-24-15-6-4-13(5-7-15)8-9-21-19(20)22-12-14-10-16(25-2)18(23)17(11-14)26-3;/h4-7,10-11,23H,8-9,12H2,1-3H3,(H3,20,21,22);1H. The van der Waals surface area contributed by atoms with Crippen LogP contribution in [0.2, 0.25) is 0 Å². The van der Waals surface area contributed by atoms with Gasteiger partial charge < -0.3 is 30.4 Å². The zero-order valence-corrected chi connectivity index (χ0v) is 18.0. The van der Waals surface area contributed by atoms with Crippen LogP contribution in [0.15, 0.2) is 41.4 Å². The zero-order chi connectivity index (χ0) is 18.9. The van der Waals surface area contributed by atoms with Crippen LogP contribution in [0.25, 0.3) is 0 Å². The minimum absolute atomic E-state index is 0. The second-order valence-electron chi connectivity index (χ2n) is 5.58. The first-order chi connectivity index (χ1) is 12.6. The second kappa shape index (κ2) is 11.4. The number of aromatic hydroxyl groups is 1. The molecule has 0 aromatic heterocycles. The van der Waals surface area contributed by atoms with Gasteiger partial charge in [-0.2, -0.15) is 0 Å². The highest BCUT2D eigenvalue weighted by atomic mass is 127. The van der Waals surface area contributed by atoms with Crippen molar-refractivity contribution in [2.24, 2.45) is 10.7 Å². The first kappa shape index (κ1) is 22.7. The van der Waals surface area contributed by atoms with Gasteiger partial charge >= 0.3 is 0 Å². The van der Waals surface area contributed by atoms with E-state index in [9.17, 15) is 5.11 Å². The largest absolute Gasteiger partial charge is 0.502 e. The molecule has 7 nitrogen and oxygen atoms in total. The van der Waals surface area contributed by atoms with E-state index < -0.39 is 0 Å². The predicted octanol–water partition coefficient (Wildman–Crippen LogP) is 2.68. The Morgan fingerprint density at radius 2 is 1.59 bits per heavy atom. The van der Waals surface area contributed by atoms with Crippen LogP contribution in [0.1, 0.15) is 11.1 Å². The van der Waals surface area contributed by atoms with Crippen molar-refractivity contribution in [2.75, 3.05) is 27.9 Å². The summed E-state index contributed by atoms with van der Waals surface area (Å²) in [6, 6.07) is 11.3. The molecule has 8 heteroatoms. The van der Waals surface area contributed by atoms with Gasteiger partial charge in [0.05, 0.1) is 27.9 Å². The van der Waals surface area contributed by atoms with Crippen LogP contribution >= 0.6 is 24.0 Å². The summed E-state index contributed by atoms with van der Waals surface area (Å²) in [5.74, 6) is 1.82. The highest BCUT2D eigenvalue weighted by Crippen LogP contribution is 2.37. The van der Waals surface area contributed by atoms with Gasteiger partial charge in [0.1, 0.15) is 5.75 Å². The van der Waals surface area contributed by atoms with Crippen LogP contribution in [0, 0.1) is 0 Å². The van der Waals surface area contributed by atoms with Crippen LogP contribution in [0.4, 0.5) is 0 Å². The minimum atomic E-state index is -0.0340. The van der Waals surface area contributed by atoms with Gasteiger partial charge in [0.15, 0.2) is 17.5 Å². The lowest BCUT2D eigenvalue weighted by Gasteiger charge is -2.11. The van der Waals surface area contributed by atoms with Crippen molar-refractivity contribution in [2.45, 2.75) is 13.0 Å². The maximum atomic E-state index is 9.92. The molecular formula is C19H26IN3O4. The summed E-state index contributed by atoms with van der Waals surface area (Å²) in [7, 11) is 4.61. The van der Waals surface area contributed by atoms with Crippen molar-refractivity contribution in [3.05, 3.63) is 47.5 Å². The fourth-order valence-electron chi connectivity index (χ4n) is 2.40. The van der Waals surface area contributed by atoms with E-state index >= 15 is 0 Å². The van der Waals surface area contributed by atoms with Gasteiger partial charge in [-0.1, -0.05) is 12.1 Å². The fraction of sp³-hybridized carbons (Fsp3) is 0.316. The van der Waals surface area contributed by atoms with Crippen molar-refractivity contribution in [3.63, 3.8) is 0 Å². The van der Waals surface area contributed by atoms with Gasteiger partial charge in [-0.05, 0) is 41.8 Å². The molecule has 27 heavy (non-hydrogen) atoms. The molecule has 2 rings (SSSR count). The van der Waals surface area contributed by atoms with Gasteiger partial charge in [0.2, 0.25) is 5.75 Å². The third-order valence-electron chi connectivity index (χ3n) is 3.85. The number of nitrogens with two attached hydrogens (primary N) is 1. The summed E-state index contributed by atoms with van der Waals surface area (Å²) >= 11 is 0. The SMILES string of the molecule is COc1ccc(CCNC(N)=NCc2cc(OC)c(O)c(OC)c2)cc1.I. The summed E-state index contributed by atoms with van der Waals surface area (Å²) in [5, 5.41) is 13.0. The first-order valence-electron chi connectivity index (χ1n) is 8.18. The number of nitrogens with zero attached hydrogens (tertiary/aromatic N) is 1. The third kappa shape index (κ3) is 6.70. The number of aliphatic imine (C=N–C) groups is 1. The maximum absolute atomic E-state index is 9.92. The number of guanidine groups is 1. The molecular weight excluding hydrogens is 461 g/mol. The van der Waals surface area contributed by atoms with Crippen molar-refractivity contribution < 1.29 is 19.3 Å². The van der Waals surface area contributed by atoms with E-state index in [1.807, 2.05) is 24.3 Å². The van der Waals surface area contributed by atoms with E-state index in [2.05, 4.69) is 10.3 Å². The van der Waals surface area contributed by atoms with Crippen LogP contribution in [-0.2, 0) is 13.0 Å². The summed E-state index contributed by atoms with van der Waals surface area (Å²) in [6.45, 7) is 1.01. The molecule has 0 saturated heterocycles. The number of phenols is 1. The molecule has 0 heterocycles. The van der Waals surface area contributed by atoms with Gasteiger partial charge in [-0.3, -0.25) is 0 Å². The lowest BCUT2D eigenvalue weighted by Crippen LogP contribution is -2.33. The van der Waals surface area contributed by atoms with Crippen molar-refractivity contribution in [3.8, 4) is 23.0 Å². The average Bonchev–Trinajstić information content (AvgIpc) is 2.67. The number of halogens is 1. The Bertz CT molecular complexity index is 726. The summed E-state index contributed by atoms with van der Waals surface area (Å²) in [6.07, 6.45) is 0.821. The Balaban J connectivity index is 0.00000364. The Labute approximate surface area is 176 Å². The molecule has 0 bridgehead atoms. The fourth-order valence-corrected chi connectivity index (χ4v) is 2.40. The molecule has 148 valence electrons. The molecule has 0 fully saturated rings. The quantitative estimate of drug-likeness (QED) is 0.301. The number of ether oxygens (including phenoxy) is 3. The van der Waals surface area contributed by atoms with E-state index in [0.29, 0.717) is 30.5 Å². The van der Waals surface area contributed by atoms with Crippen LogP contribution in [0.5, 0.6) is 23.0 Å². The Morgan fingerprint density at radius 3 is 2.11 bits per heavy atom. The first-order valence-corrected chi connectivity index (χ1v) is 8.18. The number of nitrogens with one attached hydrogen (secondary N) is 1. The number of hydrogen-bond donors (Lipinski definition) is 3. The predicted molar refractivity (Wildman–Crippen MR) is 117 cm³/mol. The lowest BCUT2D eigenvalue weighted by molar-refractivity contribution is 0.339. The molecule has 0 aliphatic rings. The number of hydrogen-bond acceptors (Lipinski definition) is 5. The topological polar surface area (TPSA) is 98.3 Å². The number of benzene rings is 2. The number of phenolic OH excluding ortho intramolecular Hbond substituents is 1. The molecule has 0 amide bonds. The van der Waals surface area contributed by atoms with Gasteiger partial charge in [0.25, 0.3) is 0 Å². The summed E-state index contributed by atoms with van der Waals surface area (Å²) in [5.41, 5.74) is 7.91. The number of methoxy groups -OCH3 is 3. The summed E-state index contributed by atoms with van der Waals surface area (Å²) in [4.78, 5) is 4.30. The maximum Gasteiger partial charge on any atom is 0.200 e. The second-order valence-corrected chi connectivity index (χ2v) is 5.58. The molecule has 0 spiro atoms. The van der Waals surface area contributed by atoms with E-state index in [1.54, 1.807) is 19.2 Å². The Morgan fingerprint density at radius 1 is 1.00 bits per heavy atom. The minimum Gasteiger partial charge on any atom is -0.502 e.